The lowest BCUT2D eigenvalue weighted by molar-refractivity contribution is -0.0707. The van der Waals surface area contributed by atoms with E-state index in [-0.39, 0.29) is 5.41 Å². The van der Waals surface area contributed by atoms with E-state index >= 15 is 0 Å². The summed E-state index contributed by atoms with van der Waals surface area (Å²) in [7, 11) is 0. The lowest BCUT2D eigenvalue weighted by Gasteiger charge is -2.60. The maximum absolute atomic E-state index is 12.0. The summed E-state index contributed by atoms with van der Waals surface area (Å²) >= 11 is 0. The summed E-state index contributed by atoms with van der Waals surface area (Å²) in [5.74, 6) is 1.27. The van der Waals surface area contributed by atoms with E-state index in [9.17, 15) is 4.79 Å². The second kappa shape index (κ2) is 2.22. The lowest BCUT2D eigenvalue weighted by Crippen LogP contribution is -2.56. The van der Waals surface area contributed by atoms with Crippen molar-refractivity contribution in [2.75, 3.05) is 0 Å². The molecule has 3 aliphatic rings. The molecule has 1 aromatic carbocycles. The molecule has 0 amide bonds. The fourth-order valence-electron chi connectivity index (χ4n) is 2.65. The van der Waals surface area contributed by atoms with Crippen LogP contribution < -0.4 is 0 Å². The van der Waals surface area contributed by atoms with Crippen molar-refractivity contribution in [3.8, 4) is 0 Å². The molecule has 2 bridgehead atoms. The fraction of sp³-hybridized carbons (Fsp3) is 0.417. The molecule has 1 nitrogen and oxygen atoms in total. The molecule has 0 aromatic heterocycles. The maximum atomic E-state index is 12.0. The van der Waals surface area contributed by atoms with Crippen LogP contribution in [-0.2, 0) is 0 Å². The minimum atomic E-state index is 0.0893. The Balaban J connectivity index is 1.90. The van der Waals surface area contributed by atoms with Gasteiger partial charge in [-0.3, -0.25) is 4.79 Å². The van der Waals surface area contributed by atoms with Crippen LogP contribution in [0.1, 0.15) is 29.6 Å². The van der Waals surface area contributed by atoms with Crippen molar-refractivity contribution in [3.05, 3.63) is 35.9 Å². The number of hydrogen-bond acceptors (Lipinski definition) is 1. The van der Waals surface area contributed by atoms with Gasteiger partial charge in [-0.15, -0.1) is 0 Å². The van der Waals surface area contributed by atoms with Crippen LogP contribution in [0.15, 0.2) is 30.3 Å². The first-order valence-electron chi connectivity index (χ1n) is 4.90. The Morgan fingerprint density at radius 2 is 1.77 bits per heavy atom. The molecule has 0 atom stereocenters. The average Bonchev–Trinajstić information content (AvgIpc) is 2.00. The summed E-state index contributed by atoms with van der Waals surface area (Å²) in [6.45, 7) is 0. The van der Waals surface area contributed by atoms with Gasteiger partial charge in [0, 0.05) is 11.0 Å². The standard InChI is InChI=1S/C12H12O/c13-11(10-4-2-1-3-5-10)12-6-9(7-12)8-12/h1-5,9H,6-8H2. The van der Waals surface area contributed by atoms with E-state index in [1.54, 1.807) is 0 Å². The second-order valence-electron chi connectivity index (χ2n) is 4.45. The van der Waals surface area contributed by atoms with E-state index in [0.29, 0.717) is 5.78 Å². The van der Waals surface area contributed by atoms with Gasteiger partial charge in [-0.2, -0.15) is 0 Å². The predicted octanol–water partition coefficient (Wildman–Crippen LogP) is 2.67. The quantitative estimate of drug-likeness (QED) is 0.627. The molecule has 1 aromatic rings. The molecule has 0 aliphatic heterocycles. The number of hydrogen-bond donors (Lipinski definition) is 0. The number of carbonyl (C=O) groups is 1. The lowest BCUT2D eigenvalue weighted by atomic mass is 9.42. The van der Waals surface area contributed by atoms with Crippen molar-refractivity contribution in [3.63, 3.8) is 0 Å². The van der Waals surface area contributed by atoms with Gasteiger partial charge in [-0.1, -0.05) is 30.3 Å². The van der Waals surface area contributed by atoms with Crippen LogP contribution in [0.5, 0.6) is 0 Å². The second-order valence-corrected chi connectivity index (χ2v) is 4.45. The Hall–Kier alpha value is -1.11. The predicted molar refractivity (Wildman–Crippen MR) is 50.5 cm³/mol. The third kappa shape index (κ3) is 0.846. The SMILES string of the molecule is O=C(c1ccccc1)C12CC(C1)C2. The van der Waals surface area contributed by atoms with Crippen molar-refractivity contribution in [2.45, 2.75) is 19.3 Å². The van der Waals surface area contributed by atoms with Crippen LogP contribution in [0.2, 0.25) is 0 Å². The van der Waals surface area contributed by atoms with E-state index in [0.717, 1.165) is 30.7 Å². The monoisotopic (exact) mass is 172 g/mol. The van der Waals surface area contributed by atoms with Gasteiger partial charge in [-0.25, -0.2) is 0 Å². The van der Waals surface area contributed by atoms with Crippen molar-refractivity contribution >= 4 is 5.78 Å². The normalized spacial score (nSPS) is 34.6. The molecule has 0 radical (unpaired) electrons. The Morgan fingerprint density at radius 1 is 1.15 bits per heavy atom. The third-order valence-corrected chi connectivity index (χ3v) is 3.56. The number of benzene rings is 1. The summed E-state index contributed by atoms with van der Waals surface area (Å²) in [6, 6.07) is 9.71. The highest BCUT2D eigenvalue weighted by Gasteiger charge is 2.60. The summed E-state index contributed by atoms with van der Waals surface area (Å²) in [4.78, 5) is 12.0. The van der Waals surface area contributed by atoms with Gasteiger partial charge >= 0.3 is 0 Å². The highest BCUT2D eigenvalue weighted by molar-refractivity contribution is 6.02. The van der Waals surface area contributed by atoms with Crippen LogP contribution in [0, 0.1) is 11.3 Å². The first kappa shape index (κ1) is 7.31. The molecule has 0 N–H and O–H groups in total. The minimum absolute atomic E-state index is 0.0893. The maximum Gasteiger partial charge on any atom is 0.169 e. The van der Waals surface area contributed by atoms with Gasteiger partial charge in [0.05, 0.1) is 0 Å². The first-order valence-corrected chi connectivity index (χ1v) is 4.90. The number of Topliss-reactive ketones (excluding diaryl/α,β-unsaturated/α-hetero) is 1. The molecule has 66 valence electrons. The molecule has 4 rings (SSSR count). The largest absolute Gasteiger partial charge is 0.294 e. The van der Waals surface area contributed by atoms with Crippen molar-refractivity contribution in [1.82, 2.24) is 0 Å². The summed E-state index contributed by atoms with van der Waals surface area (Å²) in [6.07, 6.45) is 3.46. The zero-order chi connectivity index (χ0) is 8.89. The van der Waals surface area contributed by atoms with Crippen LogP contribution in [0.25, 0.3) is 0 Å². The minimum Gasteiger partial charge on any atom is -0.294 e. The molecule has 3 fully saturated rings. The van der Waals surface area contributed by atoms with Gasteiger partial charge in [0.1, 0.15) is 0 Å². The number of carbonyl (C=O) groups excluding carboxylic acids is 1. The molecule has 3 saturated carbocycles. The van der Waals surface area contributed by atoms with Crippen LogP contribution in [-0.4, -0.2) is 5.78 Å². The van der Waals surface area contributed by atoms with E-state index in [1.807, 2.05) is 30.3 Å². The topological polar surface area (TPSA) is 17.1 Å². The van der Waals surface area contributed by atoms with Gasteiger partial charge in [0.15, 0.2) is 5.78 Å². The summed E-state index contributed by atoms with van der Waals surface area (Å²) in [5.41, 5.74) is 0.993. The van der Waals surface area contributed by atoms with Crippen LogP contribution >= 0.6 is 0 Å². The average molecular weight is 172 g/mol. The van der Waals surface area contributed by atoms with Gasteiger partial charge in [-0.05, 0) is 25.2 Å². The molecule has 1 heteroatoms. The molecular weight excluding hydrogens is 160 g/mol. The number of rotatable bonds is 2. The van der Waals surface area contributed by atoms with E-state index in [1.165, 1.54) is 0 Å². The third-order valence-electron chi connectivity index (χ3n) is 3.56. The molecule has 13 heavy (non-hydrogen) atoms. The molecule has 0 spiro atoms. The van der Waals surface area contributed by atoms with Crippen molar-refractivity contribution < 1.29 is 4.79 Å². The Labute approximate surface area is 77.8 Å². The molecule has 0 heterocycles. The van der Waals surface area contributed by atoms with E-state index in [2.05, 4.69) is 0 Å². The number of ketones is 1. The van der Waals surface area contributed by atoms with Crippen molar-refractivity contribution in [1.29, 1.82) is 0 Å². The van der Waals surface area contributed by atoms with Crippen molar-refractivity contribution in [2.24, 2.45) is 11.3 Å². The van der Waals surface area contributed by atoms with Gasteiger partial charge in [0.25, 0.3) is 0 Å². The Kier molecular flexibility index (Phi) is 1.25. The van der Waals surface area contributed by atoms with Gasteiger partial charge < -0.3 is 0 Å². The highest BCUT2D eigenvalue weighted by atomic mass is 16.1. The fourth-order valence-corrected chi connectivity index (χ4v) is 2.65. The van der Waals surface area contributed by atoms with E-state index in [4.69, 9.17) is 0 Å². The Bertz CT molecular complexity index is 336. The van der Waals surface area contributed by atoms with Crippen LogP contribution in [0.4, 0.5) is 0 Å². The smallest absolute Gasteiger partial charge is 0.169 e. The summed E-state index contributed by atoms with van der Waals surface area (Å²) in [5, 5.41) is 0. The first-order chi connectivity index (χ1) is 6.30. The molecular formula is C12H12O. The molecule has 0 saturated heterocycles. The van der Waals surface area contributed by atoms with Crippen LogP contribution in [0.3, 0.4) is 0 Å². The zero-order valence-corrected chi connectivity index (χ0v) is 7.49. The Morgan fingerprint density at radius 3 is 2.23 bits per heavy atom. The highest BCUT2D eigenvalue weighted by Crippen LogP contribution is 2.65. The molecule has 0 unspecified atom stereocenters. The molecule has 3 aliphatic carbocycles. The summed E-state index contributed by atoms with van der Waals surface area (Å²) < 4.78 is 0. The van der Waals surface area contributed by atoms with E-state index < -0.39 is 0 Å². The van der Waals surface area contributed by atoms with Gasteiger partial charge in [0.2, 0.25) is 0 Å². The zero-order valence-electron chi connectivity index (χ0n) is 7.49.